The molecule has 16 heteroatoms. The Morgan fingerprint density at radius 1 is 0.872 bits per heavy atom. The van der Waals surface area contributed by atoms with Crippen LogP contribution in [0.25, 0.3) is 11.2 Å². The SMILES string of the molecule is CC(C)OC(=O)OC/C(C(=O)O)=C(/COC(=O)OC(C)C)C(=O)O.CO[C@H](C)Cn1cnc2c(N)ncnc21. The Morgan fingerprint density at radius 2 is 1.36 bits per heavy atom. The Morgan fingerprint density at radius 3 is 1.77 bits per heavy atom. The van der Waals surface area contributed by atoms with Gasteiger partial charge in [0.2, 0.25) is 0 Å². The van der Waals surface area contributed by atoms with E-state index in [2.05, 4.69) is 33.9 Å². The van der Waals surface area contributed by atoms with E-state index in [1.807, 2.05) is 11.5 Å². The average molecular weight is 556 g/mol. The number of carbonyl (C=O) groups excluding carboxylic acids is 2. The Balaban J connectivity index is 0.000000429. The second-order valence-corrected chi connectivity index (χ2v) is 8.35. The summed E-state index contributed by atoms with van der Waals surface area (Å²) in [7, 11) is 1.67. The molecule has 2 aromatic rings. The van der Waals surface area contributed by atoms with Crippen LogP contribution in [-0.2, 0) is 39.8 Å². The third-order valence-corrected chi connectivity index (χ3v) is 4.50. The minimum Gasteiger partial charge on any atom is -0.478 e. The number of carbonyl (C=O) groups is 4. The Labute approximate surface area is 223 Å². The van der Waals surface area contributed by atoms with E-state index in [-0.39, 0.29) is 6.10 Å². The molecule has 0 fully saturated rings. The van der Waals surface area contributed by atoms with Crippen molar-refractivity contribution in [3.05, 3.63) is 23.8 Å². The fraction of sp³-hybridized carbons (Fsp3) is 0.522. The number of nitrogens with two attached hydrogens (primary N) is 1. The molecular weight excluding hydrogens is 522 g/mol. The van der Waals surface area contributed by atoms with E-state index >= 15 is 0 Å². The van der Waals surface area contributed by atoms with Crippen molar-refractivity contribution in [3.8, 4) is 0 Å². The van der Waals surface area contributed by atoms with Crippen LogP contribution in [0.4, 0.5) is 15.4 Å². The highest BCUT2D eigenvalue weighted by molar-refractivity contribution is 5.99. The van der Waals surface area contributed by atoms with Gasteiger partial charge in [0.05, 0.1) is 42.3 Å². The van der Waals surface area contributed by atoms with Crippen LogP contribution in [0.1, 0.15) is 34.6 Å². The molecule has 16 nitrogen and oxygen atoms in total. The molecule has 2 rings (SSSR count). The highest BCUT2D eigenvalue weighted by Crippen LogP contribution is 2.14. The van der Waals surface area contributed by atoms with Crippen molar-refractivity contribution in [2.45, 2.75) is 59.5 Å². The van der Waals surface area contributed by atoms with Gasteiger partial charge in [0.15, 0.2) is 11.5 Å². The number of nitrogen functional groups attached to an aromatic ring is 1. The maximum Gasteiger partial charge on any atom is 0.508 e. The Bertz CT molecular complexity index is 1130. The molecule has 0 saturated heterocycles. The molecule has 0 bridgehead atoms. The summed E-state index contributed by atoms with van der Waals surface area (Å²) >= 11 is 0. The molecule has 0 saturated carbocycles. The van der Waals surface area contributed by atoms with Crippen LogP contribution in [0.15, 0.2) is 23.8 Å². The van der Waals surface area contributed by atoms with E-state index in [1.54, 1.807) is 41.1 Å². The Hall–Kier alpha value is -4.47. The van der Waals surface area contributed by atoms with Crippen molar-refractivity contribution in [1.82, 2.24) is 19.5 Å². The average Bonchev–Trinajstić information content (AvgIpc) is 3.24. The molecule has 39 heavy (non-hydrogen) atoms. The molecule has 0 aliphatic heterocycles. The number of carboxylic acids is 2. The molecule has 4 N–H and O–H groups in total. The summed E-state index contributed by atoms with van der Waals surface area (Å²) in [6, 6.07) is 0. The lowest BCUT2D eigenvalue weighted by Gasteiger charge is -2.12. The third-order valence-electron chi connectivity index (χ3n) is 4.50. The van der Waals surface area contributed by atoms with Gasteiger partial charge in [0, 0.05) is 7.11 Å². The molecule has 2 heterocycles. The molecule has 0 aliphatic carbocycles. The van der Waals surface area contributed by atoms with Gasteiger partial charge in [0.25, 0.3) is 0 Å². The van der Waals surface area contributed by atoms with Crippen LogP contribution in [0.3, 0.4) is 0 Å². The smallest absolute Gasteiger partial charge is 0.478 e. The van der Waals surface area contributed by atoms with Crippen molar-refractivity contribution in [2.24, 2.45) is 0 Å². The van der Waals surface area contributed by atoms with Gasteiger partial charge in [-0.15, -0.1) is 0 Å². The lowest BCUT2D eigenvalue weighted by Crippen LogP contribution is -2.23. The number of ether oxygens (including phenoxy) is 5. The summed E-state index contributed by atoms with van der Waals surface area (Å²) in [4.78, 5) is 57.0. The minimum atomic E-state index is -1.65. The second kappa shape index (κ2) is 15.7. The summed E-state index contributed by atoms with van der Waals surface area (Å²) in [5.41, 5.74) is 5.53. The lowest BCUT2D eigenvalue weighted by molar-refractivity contribution is -0.136. The van der Waals surface area contributed by atoms with E-state index < -0.39 is 60.8 Å². The largest absolute Gasteiger partial charge is 0.508 e. The zero-order chi connectivity index (χ0) is 29.7. The predicted molar refractivity (Wildman–Crippen MR) is 134 cm³/mol. The van der Waals surface area contributed by atoms with Crippen molar-refractivity contribution in [2.75, 3.05) is 26.1 Å². The number of hydrogen-bond donors (Lipinski definition) is 3. The molecule has 0 aliphatic rings. The molecule has 0 radical (unpaired) electrons. The first-order valence-electron chi connectivity index (χ1n) is 11.6. The second-order valence-electron chi connectivity index (χ2n) is 8.35. The van der Waals surface area contributed by atoms with Crippen molar-refractivity contribution < 1.29 is 53.1 Å². The molecule has 0 unspecified atom stereocenters. The van der Waals surface area contributed by atoms with Crippen LogP contribution in [0, 0.1) is 0 Å². The van der Waals surface area contributed by atoms with Crippen molar-refractivity contribution >= 4 is 41.2 Å². The van der Waals surface area contributed by atoms with E-state index in [0.29, 0.717) is 17.9 Å². The molecule has 1 atom stereocenters. The number of hydrogen-bond acceptors (Lipinski definition) is 13. The number of anilines is 1. The summed E-state index contributed by atoms with van der Waals surface area (Å²) < 4.78 is 25.4. The molecule has 0 aromatic carbocycles. The zero-order valence-electron chi connectivity index (χ0n) is 22.4. The highest BCUT2D eigenvalue weighted by atomic mass is 16.7. The first-order valence-corrected chi connectivity index (χ1v) is 11.6. The molecule has 0 amide bonds. The number of nitrogens with zero attached hydrogens (tertiary/aromatic N) is 4. The molecule has 0 spiro atoms. The van der Waals surface area contributed by atoms with Gasteiger partial charge < -0.3 is 44.2 Å². The van der Waals surface area contributed by atoms with Crippen molar-refractivity contribution in [3.63, 3.8) is 0 Å². The molecule has 216 valence electrons. The van der Waals surface area contributed by atoms with Crippen LogP contribution in [0.5, 0.6) is 0 Å². The zero-order valence-corrected chi connectivity index (χ0v) is 22.4. The van der Waals surface area contributed by atoms with Crippen molar-refractivity contribution in [1.29, 1.82) is 0 Å². The number of methoxy groups -OCH3 is 1. The van der Waals surface area contributed by atoms with Gasteiger partial charge >= 0.3 is 24.2 Å². The lowest BCUT2D eigenvalue weighted by atomic mass is 10.1. The standard InChI is InChI=1S/C14H20O10.C9H13N5O/c1-7(2)23-13(19)21-5-9(11(15)16)10(12(17)18)6-22-14(20)24-8(3)4;1-6(15-2)3-14-5-13-7-8(10)11-4-12-9(7)14/h7-8H,5-6H2,1-4H3,(H,15,16)(H,17,18);4-6H,3H2,1-2H3,(H2,10,11,12)/b10-9+;/t;6-/m.1/s1. The van der Waals surface area contributed by atoms with E-state index in [0.717, 1.165) is 5.65 Å². The normalized spacial score (nSPS) is 12.2. The monoisotopic (exact) mass is 555 g/mol. The van der Waals surface area contributed by atoms with Crippen LogP contribution in [0.2, 0.25) is 0 Å². The summed E-state index contributed by atoms with van der Waals surface area (Å²) in [5.74, 6) is -2.89. The number of imidazole rings is 1. The van der Waals surface area contributed by atoms with Gasteiger partial charge in [-0.05, 0) is 34.6 Å². The van der Waals surface area contributed by atoms with E-state index in [1.165, 1.54) is 6.33 Å². The number of fused-ring (bicyclic) bond motifs is 1. The Kier molecular flexibility index (Phi) is 13.1. The number of carboxylic acid groups (broad SMARTS) is 2. The molecular formula is C23H33N5O11. The summed E-state index contributed by atoms with van der Waals surface area (Å²) in [5, 5.41) is 18.1. The predicted octanol–water partition coefficient (Wildman–Crippen LogP) is 2.02. The van der Waals surface area contributed by atoms with E-state index in [9.17, 15) is 19.2 Å². The quantitative estimate of drug-likeness (QED) is 0.266. The fourth-order valence-corrected chi connectivity index (χ4v) is 2.65. The first kappa shape index (κ1) is 32.6. The maximum absolute atomic E-state index is 11.2. The van der Waals surface area contributed by atoms with Crippen LogP contribution in [-0.4, -0.2) is 92.6 Å². The third kappa shape index (κ3) is 11.2. The van der Waals surface area contributed by atoms with Gasteiger partial charge in [-0.2, -0.15) is 0 Å². The van der Waals surface area contributed by atoms with Gasteiger partial charge in [-0.3, -0.25) is 0 Å². The number of aromatic nitrogens is 4. The highest BCUT2D eigenvalue weighted by Gasteiger charge is 2.24. The van der Waals surface area contributed by atoms with E-state index in [4.69, 9.17) is 20.7 Å². The minimum absolute atomic E-state index is 0.110. The first-order chi connectivity index (χ1) is 18.3. The maximum atomic E-state index is 11.2. The van der Waals surface area contributed by atoms with Crippen LogP contribution < -0.4 is 5.73 Å². The topological polar surface area (TPSA) is 225 Å². The molecule has 2 aromatic heterocycles. The number of aliphatic carboxylic acids is 2. The van der Waals surface area contributed by atoms with Gasteiger partial charge in [-0.1, -0.05) is 0 Å². The summed E-state index contributed by atoms with van der Waals surface area (Å²) in [6.45, 7) is 7.13. The fourth-order valence-electron chi connectivity index (χ4n) is 2.65. The summed E-state index contributed by atoms with van der Waals surface area (Å²) in [6.07, 6.45) is -0.0649. The van der Waals surface area contributed by atoms with Gasteiger partial charge in [0.1, 0.15) is 25.1 Å². The van der Waals surface area contributed by atoms with Gasteiger partial charge in [-0.25, -0.2) is 34.1 Å². The van der Waals surface area contributed by atoms with Crippen LogP contribution >= 0.6 is 0 Å². The number of rotatable bonds is 11.